The van der Waals surface area contributed by atoms with Gasteiger partial charge in [0, 0.05) is 6.04 Å². The first kappa shape index (κ1) is 21.8. The Morgan fingerprint density at radius 1 is 0.933 bits per heavy atom. The Bertz CT molecular complexity index is 1030. The molecule has 2 aromatic carbocycles. The summed E-state index contributed by atoms with van der Waals surface area (Å²) in [6.07, 6.45) is 3.52. The number of hydrogen-bond donors (Lipinski definition) is 1. The minimum atomic E-state index is -3.87. The predicted molar refractivity (Wildman–Crippen MR) is 108 cm³/mol. The Balaban J connectivity index is 1.81. The zero-order valence-corrected chi connectivity index (χ0v) is 17.5. The lowest BCUT2D eigenvalue weighted by molar-refractivity contribution is 0.0600. The highest BCUT2D eigenvalue weighted by molar-refractivity contribution is 7.89. The van der Waals surface area contributed by atoms with Crippen LogP contribution in [0.15, 0.2) is 47.4 Å². The monoisotopic (exact) mass is 433 g/mol. The number of sulfonamides is 1. The van der Waals surface area contributed by atoms with Crippen molar-refractivity contribution in [1.82, 2.24) is 4.72 Å². The molecule has 8 nitrogen and oxygen atoms in total. The van der Waals surface area contributed by atoms with Crippen LogP contribution in [0.2, 0.25) is 0 Å². The number of ether oxygens (including phenoxy) is 3. The van der Waals surface area contributed by atoms with Gasteiger partial charge in [-0.15, -0.1) is 0 Å². The van der Waals surface area contributed by atoms with Gasteiger partial charge in [-0.1, -0.05) is 12.8 Å². The fraction of sp³-hybridized carbons (Fsp3) is 0.333. The molecule has 0 aliphatic heterocycles. The molecule has 0 unspecified atom stereocenters. The van der Waals surface area contributed by atoms with E-state index < -0.39 is 22.0 Å². The zero-order chi connectivity index (χ0) is 21.7. The molecular weight excluding hydrogens is 410 g/mol. The van der Waals surface area contributed by atoms with Gasteiger partial charge in [-0.2, -0.15) is 0 Å². The average molecular weight is 433 g/mol. The van der Waals surface area contributed by atoms with Crippen molar-refractivity contribution in [2.75, 3.05) is 14.2 Å². The normalized spacial score (nSPS) is 14.3. The van der Waals surface area contributed by atoms with Crippen LogP contribution < -0.4 is 14.2 Å². The van der Waals surface area contributed by atoms with Crippen LogP contribution >= 0.6 is 0 Å². The van der Waals surface area contributed by atoms with Crippen molar-refractivity contribution in [3.63, 3.8) is 0 Å². The van der Waals surface area contributed by atoms with E-state index in [0.717, 1.165) is 25.7 Å². The quantitative estimate of drug-likeness (QED) is 0.528. The standard InChI is InChI=1S/C21H23NO7S/c1-27-18-12-9-15(13-19(18)30(25,26)22-16-5-3-4-6-16)21(24)29-17-10-7-14(8-11-17)20(23)28-2/h7-13,16,22H,3-6H2,1-2H3. The van der Waals surface area contributed by atoms with Gasteiger partial charge in [-0.25, -0.2) is 22.7 Å². The molecule has 0 spiro atoms. The van der Waals surface area contributed by atoms with Crippen LogP contribution in [-0.2, 0) is 14.8 Å². The SMILES string of the molecule is COC(=O)c1ccc(OC(=O)c2ccc(OC)c(S(=O)(=O)NC3CCCC3)c2)cc1. The van der Waals surface area contributed by atoms with Gasteiger partial charge in [-0.05, 0) is 55.3 Å². The van der Waals surface area contributed by atoms with E-state index >= 15 is 0 Å². The summed E-state index contributed by atoms with van der Waals surface area (Å²) in [5.74, 6) is -0.898. The number of carbonyl (C=O) groups is 2. The highest BCUT2D eigenvalue weighted by atomic mass is 32.2. The lowest BCUT2D eigenvalue weighted by Crippen LogP contribution is -2.33. The first-order valence-corrected chi connectivity index (χ1v) is 10.9. The van der Waals surface area contributed by atoms with Crippen LogP contribution in [-0.4, -0.2) is 40.6 Å². The number of nitrogens with one attached hydrogen (secondary N) is 1. The maximum Gasteiger partial charge on any atom is 0.343 e. The largest absolute Gasteiger partial charge is 0.495 e. The van der Waals surface area contributed by atoms with E-state index in [1.54, 1.807) is 0 Å². The summed E-state index contributed by atoms with van der Waals surface area (Å²) in [4.78, 5) is 23.9. The molecule has 0 bridgehead atoms. The molecule has 0 heterocycles. The number of carbonyl (C=O) groups excluding carboxylic acids is 2. The molecule has 1 saturated carbocycles. The fourth-order valence-electron chi connectivity index (χ4n) is 3.28. The van der Waals surface area contributed by atoms with Crippen molar-refractivity contribution >= 4 is 22.0 Å². The van der Waals surface area contributed by atoms with Gasteiger partial charge in [0.2, 0.25) is 10.0 Å². The van der Waals surface area contributed by atoms with Gasteiger partial charge >= 0.3 is 11.9 Å². The van der Waals surface area contributed by atoms with E-state index in [1.165, 1.54) is 56.7 Å². The Hall–Kier alpha value is -2.91. The second-order valence-electron chi connectivity index (χ2n) is 6.87. The van der Waals surface area contributed by atoms with E-state index in [-0.39, 0.29) is 28.0 Å². The minimum absolute atomic E-state index is 0.0552. The van der Waals surface area contributed by atoms with Crippen molar-refractivity contribution in [2.45, 2.75) is 36.6 Å². The third-order valence-corrected chi connectivity index (χ3v) is 6.39. The molecule has 1 aliphatic rings. The van der Waals surface area contributed by atoms with Gasteiger partial charge in [0.05, 0.1) is 25.3 Å². The lowest BCUT2D eigenvalue weighted by Gasteiger charge is -2.15. The molecule has 0 atom stereocenters. The third-order valence-electron chi connectivity index (χ3n) is 4.85. The summed E-state index contributed by atoms with van der Waals surface area (Å²) in [5.41, 5.74) is 0.368. The highest BCUT2D eigenvalue weighted by Crippen LogP contribution is 2.28. The van der Waals surface area contributed by atoms with Crippen LogP contribution in [0.1, 0.15) is 46.4 Å². The van der Waals surface area contributed by atoms with Crippen LogP contribution in [0.25, 0.3) is 0 Å². The Morgan fingerprint density at radius 3 is 2.17 bits per heavy atom. The van der Waals surface area contributed by atoms with Crippen LogP contribution in [0, 0.1) is 0 Å². The van der Waals surface area contributed by atoms with Gasteiger partial charge in [0.1, 0.15) is 16.4 Å². The van der Waals surface area contributed by atoms with Crippen molar-refractivity contribution < 1.29 is 32.2 Å². The number of hydrogen-bond acceptors (Lipinski definition) is 7. The zero-order valence-electron chi connectivity index (χ0n) is 16.7. The Morgan fingerprint density at radius 2 is 1.57 bits per heavy atom. The first-order valence-electron chi connectivity index (χ1n) is 9.45. The molecule has 0 radical (unpaired) electrons. The smallest absolute Gasteiger partial charge is 0.343 e. The first-order chi connectivity index (χ1) is 14.3. The second-order valence-corrected chi connectivity index (χ2v) is 8.56. The summed E-state index contributed by atoms with van der Waals surface area (Å²) in [7, 11) is -1.23. The van der Waals surface area contributed by atoms with Crippen molar-refractivity contribution in [3.8, 4) is 11.5 Å². The molecule has 0 saturated heterocycles. The molecule has 2 aromatic rings. The number of benzene rings is 2. The van der Waals surface area contributed by atoms with E-state index in [2.05, 4.69) is 9.46 Å². The number of esters is 2. The van der Waals surface area contributed by atoms with Gasteiger partial charge in [-0.3, -0.25) is 0 Å². The lowest BCUT2D eigenvalue weighted by atomic mass is 10.2. The summed E-state index contributed by atoms with van der Waals surface area (Å²) < 4.78 is 43.5. The molecule has 1 N–H and O–H groups in total. The summed E-state index contributed by atoms with van der Waals surface area (Å²) >= 11 is 0. The third kappa shape index (κ3) is 4.98. The Kier molecular flexibility index (Phi) is 6.73. The van der Waals surface area contributed by atoms with Crippen molar-refractivity contribution in [2.24, 2.45) is 0 Å². The molecule has 1 aliphatic carbocycles. The van der Waals surface area contributed by atoms with Gasteiger partial charge in [0.15, 0.2) is 0 Å². The van der Waals surface area contributed by atoms with Gasteiger partial charge < -0.3 is 14.2 Å². The fourth-order valence-corrected chi connectivity index (χ4v) is 4.78. The summed E-state index contributed by atoms with van der Waals surface area (Å²) in [5, 5.41) is 0. The molecule has 3 rings (SSSR count). The second kappa shape index (κ2) is 9.27. The minimum Gasteiger partial charge on any atom is -0.495 e. The molecule has 30 heavy (non-hydrogen) atoms. The molecule has 1 fully saturated rings. The van der Waals surface area contributed by atoms with Crippen LogP contribution in [0.5, 0.6) is 11.5 Å². The van der Waals surface area contributed by atoms with Crippen molar-refractivity contribution in [3.05, 3.63) is 53.6 Å². The summed E-state index contributed by atoms with van der Waals surface area (Å²) in [6.45, 7) is 0. The maximum atomic E-state index is 12.8. The molecular formula is C21H23NO7S. The van der Waals surface area contributed by atoms with E-state index in [9.17, 15) is 18.0 Å². The molecule has 9 heteroatoms. The van der Waals surface area contributed by atoms with E-state index in [0.29, 0.717) is 5.56 Å². The van der Waals surface area contributed by atoms with E-state index in [4.69, 9.17) is 9.47 Å². The molecule has 160 valence electrons. The van der Waals surface area contributed by atoms with Gasteiger partial charge in [0.25, 0.3) is 0 Å². The maximum absolute atomic E-state index is 12.8. The summed E-state index contributed by atoms with van der Waals surface area (Å²) in [6, 6.07) is 9.79. The Labute approximate surface area is 175 Å². The van der Waals surface area contributed by atoms with Crippen LogP contribution in [0.3, 0.4) is 0 Å². The average Bonchev–Trinajstić information content (AvgIpc) is 3.25. The number of methoxy groups -OCH3 is 2. The topological polar surface area (TPSA) is 108 Å². The molecule has 0 amide bonds. The highest BCUT2D eigenvalue weighted by Gasteiger charge is 2.27. The predicted octanol–water partition coefficient (Wildman–Crippen LogP) is 2.92. The van der Waals surface area contributed by atoms with Crippen molar-refractivity contribution in [1.29, 1.82) is 0 Å². The van der Waals surface area contributed by atoms with Crippen LogP contribution in [0.4, 0.5) is 0 Å². The van der Waals surface area contributed by atoms with E-state index in [1.807, 2.05) is 0 Å². The number of rotatable bonds is 7. The molecule has 0 aromatic heterocycles.